The molecule has 0 fully saturated rings. The van der Waals surface area contributed by atoms with Crippen LogP contribution < -0.4 is 0 Å². The standard InChI is InChI=1S/Ni.O.2Sn. The Balaban J connectivity index is -0.00000000500. The zero-order chi connectivity index (χ0) is 2.00. The first kappa shape index (κ1) is 16.9. The summed E-state index contributed by atoms with van der Waals surface area (Å²) in [5.74, 6) is 0. The van der Waals surface area contributed by atoms with Crippen molar-refractivity contribution in [3.8, 4) is 0 Å². The van der Waals surface area contributed by atoms with Crippen molar-refractivity contribution in [2.24, 2.45) is 0 Å². The summed E-state index contributed by atoms with van der Waals surface area (Å²) in [7, 11) is 0. The van der Waals surface area contributed by atoms with E-state index in [-0.39, 0.29) is 40.4 Å². The predicted octanol–water partition coefficient (Wildman–Crippen LogP) is -0.883. The van der Waals surface area contributed by atoms with Crippen LogP contribution in [0.1, 0.15) is 0 Å². The maximum atomic E-state index is 8.34. The van der Waals surface area contributed by atoms with Crippen LogP contribution in [0.3, 0.4) is 0 Å². The summed E-state index contributed by atoms with van der Waals surface area (Å²) >= 11 is 0.300. The molecule has 0 rings (SSSR count). The van der Waals surface area contributed by atoms with E-state index in [9.17, 15) is 0 Å². The van der Waals surface area contributed by atoms with E-state index in [2.05, 4.69) is 0 Å². The van der Waals surface area contributed by atoms with Crippen molar-refractivity contribution < 1.29 is 19.6 Å². The molecule has 0 saturated heterocycles. The summed E-state index contributed by atoms with van der Waals surface area (Å²) in [5.41, 5.74) is 0. The first-order chi connectivity index (χ1) is 1.00. The van der Waals surface area contributed by atoms with E-state index < -0.39 is 0 Å². The molecular formula is NiOSn2. The van der Waals surface area contributed by atoms with Crippen molar-refractivity contribution in [1.29, 1.82) is 0 Å². The smallest absolute Gasteiger partial charge is 0 e. The van der Waals surface area contributed by atoms with Gasteiger partial charge in [0.25, 0.3) is 0 Å². The van der Waals surface area contributed by atoms with Crippen LogP contribution >= 0.6 is 0 Å². The molecule has 0 N–H and O–H groups in total. The first-order valence-corrected chi connectivity index (χ1v) is 1.37. The van der Waals surface area contributed by atoms with Gasteiger partial charge in [0.15, 0.2) is 0 Å². The second-order valence-electron chi connectivity index (χ2n) is 0. The maximum Gasteiger partial charge on any atom is 0 e. The van der Waals surface area contributed by atoms with Gasteiger partial charge in [-0.3, -0.25) is 0 Å². The van der Waals surface area contributed by atoms with Gasteiger partial charge >= 0.3 is 25.6 Å². The van der Waals surface area contributed by atoms with E-state index in [0.717, 1.165) is 0 Å². The Kier molecular flexibility index (Phi) is 87.3. The van der Waals surface area contributed by atoms with Crippen LogP contribution in [-0.2, 0) is 19.6 Å². The fourth-order valence-corrected chi connectivity index (χ4v) is 0. The molecule has 0 aliphatic carbocycles. The normalized spacial score (nSPS) is 1.00. The average Bonchev–Trinajstić information content (AvgIpc) is 1.00. The van der Waals surface area contributed by atoms with Crippen molar-refractivity contribution in [2.45, 2.75) is 0 Å². The van der Waals surface area contributed by atoms with E-state index in [1.807, 2.05) is 0 Å². The third-order valence-corrected chi connectivity index (χ3v) is 0. The fourth-order valence-electron chi connectivity index (χ4n) is 0. The van der Waals surface area contributed by atoms with E-state index in [0.29, 0.717) is 22.5 Å². The summed E-state index contributed by atoms with van der Waals surface area (Å²) < 4.78 is 8.34. The molecule has 0 saturated carbocycles. The molecule has 4 heteroatoms. The Morgan fingerprint density at radius 1 is 1.25 bits per heavy atom. The zero-order valence-electron chi connectivity index (χ0n) is 1.72. The molecule has 0 aromatic heterocycles. The van der Waals surface area contributed by atoms with E-state index >= 15 is 0 Å². The Bertz CT molecular complexity index is 6.00. The van der Waals surface area contributed by atoms with Gasteiger partial charge in [0, 0.05) is 40.4 Å². The Morgan fingerprint density at radius 2 is 1.25 bits per heavy atom. The number of rotatable bonds is 0. The fraction of sp³-hybridized carbons (Fsp3) is 0. The van der Waals surface area contributed by atoms with Gasteiger partial charge in [0.05, 0.1) is 0 Å². The molecular weight excluding hydrogens is 312 g/mol. The van der Waals surface area contributed by atoms with Gasteiger partial charge in [-0.2, -0.15) is 0 Å². The van der Waals surface area contributed by atoms with Crippen LogP contribution in [0.15, 0.2) is 0 Å². The average molecular weight is 312 g/mol. The maximum absolute atomic E-state index is 8.34. The molecule has 6 radical (unpaired) electrons. The topological polar surface area (TPSA) is 17.1 Å². The molecule has 0 atom stereocenters. The van der Waals surface area contributed by atoms with Crippen molar-refractivity contribution in [3.05, 3.63) is 0 Å². The molecule has 4 heavy (non-hydrogen) atoms. The molecule has 0 amide bonds. The number of hydrogen-bond acceptors (Lipinski definition) is 1. The minimum Gasteiger partial charge on any atom is 0 e. The zero-order valence-corrected chi connectivity index (χ0v) is 8.42. The van der Waals surface area contributed by atoms with Crippen LogP contribution in [0.4, 0.5) is 0 Å². The molecule has 24 valence electrons. The second kappa shape index (κ2) is 20.7. The molecule has 0 aliphatic rings. The Labute approximate surface area is 65.3 Å². The molecule has 0 spiro atoms. The van der Waals surface area contributed by atoms with Crippen molar-refractivity contribution in [3.63, 3.8) is 0 Å². The summed E-state index contributed by atoms with van der Waals surface area (Å²) in [6.45, 7) is 0. The predicted molar refractivity (Wildman–Crippen MR) is 12.2 cm³/mol. The van der Waals surface area contributed by atoms with Gasteiger partial charge in [-0.25, -0.2) is 0 Å². The SMILES string of the molecule is [Ni].[O]=[Sn].[Sn]. The molecule has 0 heterocycles. The van der Waals surface area contributed by atoms with Crippen LogP contribution in [-0.4, -0.2) is 46.4 Å². The van der Waals surface area contributed by atoms with Gasteiger partial charge < -0.3 is 0 Å². The minimum absolute atomic E-state index is 0. The molecule has 0 aromatic carbocycles. The Morgan fingerprint density at radius 3 is 1.25 bits per heavy atom. The largest absolute Gasteiger partial charge is 0 e. The molecule has 0 aliphatic heterocycles. The van der Waals surface area contributed by atoms with Crippen molar-refractivity contribution >= 4 is 46.4 Å². The summed E-state index contributed by atoms with van der Waals surface area (Å²) in [6.07, 6.45) is 0. The monoisotopic (exact) mass is 314 g/mol. The van der Waals surface area contributed by atoms with Crippen LogP contribution in [0.5, 0.6) is 0 Å². The third-order valence-electron chi connectivity index (χ3n) is 0. The Hall–Kier alpha value is 1.89. The van der Waals surface area contributed by atoms with E-state index in [1.165, 1.54) is 0 Å². The first-order valence-electron chi connectivity index (χ1n) is 0.204. The van der Waals surface area contributed by atoms with Crippen LogP contribution in [0.25, 0.3) is 0 Å². The third kappa shape index (κ3) is 9.09. The second-order valence-corrected chi connectivity index (χ2v) is 0. The van der Waals surface area contributed by atoms with Gasteiger partial charge in [-0.15, -0.1) is 0 Å². The van der Waals surface area contributed by atoms with Crippen LogP contribution in [0.2, 0.25) is 0 Å². The summed E-state index contributed by atoms with van der Waals surface area (Å²) in [4.78, 5) is 0. The molecule has 0 bridgehead atoms. The van der Waals surface area contributed by atoms with Crippen molar-refractivity contribution in [2.75, 3.05) is 0 Å². The van der Waals surface area contributed by atoms with E-state index in [1.54, 1.807) is 0 Å². The minimum atomic E-state index is 0. The van der Waals surface area contributed by atoms with E-state index in [4.69, 9.17) is 3.08 Å². The quantitative estimate of drug-likeness (QED) is 0.531. The molecule has 1 nitrogen and oxygen atoms in total. The summed E-state index contributed by atoms with van der Waals surface area (Å²) in [6, 6.07) is 0. The molecule has 0 unspecified atom stereocenters. The van der Waals surface area contributed by atoms with Crippen molar-refractivity contribution in [1.82, 2.24) is 0 Å². The molecule has 0 aromatic rings. The van der Waals surface area contributed by atoms with Crippen LogP contribution in [0, 0.1) is 0 Å². The van der Waals surface area contributed by atoms with Gasteiger partial charge in [-0.05, 0) is 0 Å². The van der Waals surface area contributed by atoms with Gasteiger partial charge in [-0.1, -0.05) is 0 Å². The van der Waals surface area contributed by atoms with Gasteiger partial charge in [0.1, 0.15) is 0 Å². The number of hydrogen-bond donors (Lipinski definition) is 0. The summed E-state index contributed by atoms with van der Waals surface area (Å²) in [5, 5.41) is 0. The van der Waals surface area contributed by atoms with Gasteiger partial charge in [0.2, 0.25) is 0 Å².